The Balaban J connectivity index is 1.80. The molecule has 0 amide bonds. The summed E-state index contributed by atoms with van der Waals surface area (Å²) in [7, 11) is 5.46. The summed E-state index contributed by atoms with van der Waals surface area (Å²) in [6.07, 6.45) is 0. The molecule has 0 radical (unpaired) electrons. The minimum absolute atomic E-state index is 0.347. The summed E-state index contributed by atoms with van der Waals surface area (Å²) in [5, 5.41) is 0.834. The van der Waals surface area contributed by atoms with Gasteiger partial charge in [-0.3, -0.25) is 0 Å². The third kappa shape index (κ3) is 3.38. The first kappa shape index (κ1) is 16.4. The molecule has 2 aromatic carbocycles. The highest BCUT2D eigenvalue weighted by molar-refractivity contribution is 7.98. The van der Waals surface area contributed by atoms with Gasteiger partial charge in [-0.2, -0.15) is 0 Å². The Bertz CT molecular complexity index is 874. The van der Waals surface area contributed by atoms with Crippen LogP contribution >= 0.6 is 11.8 Å². The molecule has 6 heteroatoms. The molecule has 0 aliphatic carbocycles. The highest BCUT2D eigenvalue weighted by Crippen LogP contribution is 2.28. The Kier molecular flexibility index (Phi) is 4.76. The number of anilines is 1. The van der Waals surface area contributed by atoms with E-state index in [-0.39, 0.29) is 5.97 Å². The van der Waals surface area contributed by atoms with Gasteiger partial charge in [-0.1, -0.05) is 30.0 Å². The van der Waals surface area contributed by atoms with Gasteiger partial charge in [0.1, 0.15) is 0 Å². The molecule has 0 aliphatic rings. The molecule has 0 atom stereocenters. The molecule has 1 aromatic heterocycles. The topological polar surface area (TPSA) is 58.2 Å². The van der Waals surface area contributed by atoms with Gasteiger partial charge >= 0.3 is 5.97 Å². The van der Waals surface area contributed by atoms with Crippen molar-refractivity contribution in [3.63, 3.8) is 0 Å². The van der Waals surface area contributed by atoms with Crippen molar-refractivity contribution in [1.29, 1.82) is 0 Å². The Morgan fingerprint density at radius 1 is 1.25 bits per heavy atom. The third-order valence-corrected chi connectivity index (χ3v) is 4.64. The van der Waals surface area contributed by atoms with Crippen LogP contribution in [0.25, 0.3) is 11.0 Å². The van der Waals surface area contributed by atoms with Crippen LogP contribution in [-0.4, -0.2) is 37.1 Å². The number of nitrogens with one attached hydrogen (secondary N) is 1. The molecule has 0 spiro atoms. The largest absolute Gasteiger partial charge is 0.465 e. The van der Waals surface area contributed by atoms with Crippen molar-refractivity contribution >= 4 is 34.5 Å². The molecular formula is C18H19N3O2S. The number of nitrogens with zero attached hydrogens (tertiary/aromatic N) is 2. The Morgan fingerprint density at radius 3 is 2.79 bits per heavy atom. The normalized spacial score (nSPS) is 10.8. The summed E-state index contributed by atoms with van der Waals surface area (Å²) in [6.45, 7) is 0. The van der Waals surface area contributed by atoms with E-state index in [2.05, 4.69) is 27.0 Å². The highest BCUT2D eigenvalue weighted by Gasteiger charge is 2.10. The number of H-pyrrole nitrogens is 1. The van der Waals surface area contributed by atoms with E-state index >= 15 is 0 Å². The monoisotopic (exact) mass is 341 g/mol. The van der Waals surface area contributed by atoms with Crippen LogP contribution in [0, 0.1) is 0 Å². The van der Waals surface area contributed by atoms with E-state index in [4.69, 9.17) is 4.74 Å². The third-order valence-electron chi connectivity index (χ3n) is 3.72. The zero-order chi connectivity index (χ0) is 17.1. The standard InChI is InChI=1S/C18H19N3O2S/c1-21(2)16-7-5-4-6-13(16)11-24-18-19-14-9-8-12(17(22)23-3)10-15(14)20-18/h4-10H,11H2,1-3H3,(H,19,20). The first-order chi connectivity index (χ1) is 11.6. The Morgan fingerprint density at radius 2 is 2.04 bits per heavy atom. The van der Waals surface area contributed by atoms with Crippen LogP contribution in [0.15, 0.2) is 47.6 Å². The number of fused-ring (bicyclic) bond motifs is 1. The number of aromatic nitrogens is 2. The SMILES string of the molecule is COC(=O)c1ccc2nc(SCc3ccccc3N(C)C)[nH]c2c1. The summed E-state index contributed by atoms with van der Waals surface area (Å²) in [5.74, 6) is 0.471. The fourth-order valence-electron chi connectivity index (χ4n) is 2.51. The van der Waals surface area contributed by atoms with Crippen molar-refractivity contribution in [2.24, 2.45) is 0 Å². The van der Waals surface area contributed by atoms with E-state index in [9.17, 15) is 4.79 Å². The molecule has 124 valence electrons. The predicted molar refractivity (Wildman–Crippen MR) is 97.8 cm³/mol. The second kappa shape index (κ2) is 6.97. The lowest BCUT2D eigenvalue weighted by molar-refractivity contribution is 0.0601. The van der Waals surface area contributed by atoms with E-state index in [0.29, 0.717) is 5.56 Å². The quantitative estimate of drug-likeness (QED) is 0.566. The number of thioether (sulfide) groups is 1. The van der Waals surface area contributed by atoms with E-state index in [1.54, 1.807) is 23.9 Å². The summed E-state index contributed by atoms with van der Waals surface area (Å²) in [5.41, 5.74) is 4.65. The lowest BCUT2D eigenvalue weighted by Gasteiger charge is -2.16. The van der Waals surface area contributed by atoms with Crippen molar-refractivity contribution in [2.75, 3.05) is 26.1 Å². The van der Waals surface area contributed by atoms with Crippen LogP contribution in [0.2, 0.25) is 0 Å². The molecule has 0 aliphatic heterocycles. The van der Waals surface area contributed by atoms with Gasteiger partial charge < -0.3 is 14.6 Å². The van der Waals surface area contributed by atoms with Crippen LogP contribution in [-0.2, 0) is 10.5 Å². The van der Waals surface area contributed by atoms with Gasteiger partial charge in [-0.25, -0.2) is 9.78 Å². The number of methoxy groups -OCH3 is 1. The molecule has 3 aromatic rings. The Hall–Kier alpha value is -2.47. The van der Waals surface area contributed by atoms with Crippen molar-refractivity contribution in [3.05, 3.63) is 53.6 Å². The number of carbonyl (C=O) groups excluding carboxylic acids is 1. The molecule has 0 bridgehead atoms. The van der Waals surface area contributed by atoms with Crippen LogP contribution in [0.1, 0.15) is 15.9 Å². The van der Waals surface area contributed by atoms with Gasteiger partial charge in [-0.05, 0) is 29.8 Å². The zero-order valence-corrected chi connectivity index (χ0v) is 14.7. The molecule has 0 fully saturated rings. The average molecular weight is 341 g/mol. The summed E-state index contributed by atoms with van der Waals surface area (Å²) in [6, 6.07) is 13.6. The number of aromatic amines is 1. The molecule has 3 rings (SSSR count). The minimum Gasteiger partial charge on any atom is -0.465 e. The number of ether oxygens (including phenoxy) is 1. The first-order valence-corrected chi connectivity index (χ1v) is 8.53. The van der Waals surface area contributed by atoms with Crippen LogP contribution in [0.4, 0.5) is 5.69 Å². The minimum atomic E-state index is -0.347. The molecule has 24 heavy (non-hydrogen) atoms. The number of hydrogen-bond acceptors (Lipinski definition) is 5. The first-order valence-electron chi connectivity index (χ1n) is 7.54. The lowest BCUT2D eigenvalue weighted by Crippen LogP contribution is -2.10. The van der Waals surface area contributed by atoms with Crippen LogP contribution in [0.3, 0.4) is 0 Å². The van der Waals surface area contributed by atoms with Crippen molar-refractivity contribution in [1.82, 2.24) is 9.97 Å². The van der Waals surface area contributed by atoms with Crippen molar-refractivity contribution < 1.29 is 9.53 Å². The van der Waals surface area contributed by atoms with Crippen molar-refractivity contribution in [2.45, 2.75) is 10.9 Å². The van der Waals surface area contributed by atoms with E-state index in [0.717, 1.165) is 21.9 Å². The maximum Gasteiger partial charge on any atom is 0.337 e. The number of carbonyl (C=O) groups is 1. The molecule has 0 unspecified atom stereocenters. The Labute approximate surface area is 145 Å². The van der Waals surface area contributed by atoms with E-state index in [1.807, 2.05) is 32.3 Å². The lowest BCUT2D eigenvalue weighted by atomic mass is 10.2. The maximum atomic E-state index is 11.6. The molecule has 0 saturated heterocycles. The summed E-state index contributed by atoms with van der Waals surface area (Å²) in [4.78, 5) is 21.6. The van der Waals surface area contributed by atoms with Gasteiger partial charge in [0.25, 0.3) is 0 Å². The summed E-state index contributed by atoms with van der Waals surface area (Å²) < 4.78 is 4.75. The fraction of sp³-hybridized carbons (Fsp3) is 0.222. The van der Waals surface area contributed by atoms with Gasteiger partial charge in [0, 0.05) is 25.5 Å². The summed E-state index contributed by atoms with van der Waals surface area (Å²) >= 11 is 1.64. The van der Waals surface area contributed by atoms with Gasteiger partial charge in [0.2, 0.25) is 0 Å². The van der Waals surface area contributed by atoms with Crippen LogP contribution < -0.4 is 4.90 Å². The highest BCUT2D eigenvalue weighted by atomic mass is 32.2. The smallest absolute Gasteiger partial charge is 0.337 e. The predicted octanol–water partition coefficient (Wildman–Crippen LogP) is 3.71. The van der Waals surface area contributed by atoms with Gasteiger partial charge in [0.05, 0.1) is 23.7 Å². The number of rotatable bonds is 5. The average Bonchev–Trinajstić information content (AvgIpc) is 3.01. The number of para-hydroxylation sites is 1. The second-order valence-corrected chi connectivity index (χ2v) is 6.54. The molecule has 1 N–H and O–H groups in total. The number of benzene rings is 2. The van der Waals surface area contributed by atoms with Crippen molar-refractivity contribution in [3.8, 4) is 0 Å². The van der Waals surface area contributed by atoms with E-state index in [1.165, 1.54) is 18.4 Å². The number of esters is 1. The number of hydrogen-bond donors (Lipinski definition) is 1. The molecule has 1 heterocycles. The van der Waals surface area contributed by atoms with Crippen LogP contribution in [0.5, 0.6) is 0 Å². The zero-order valence-electron chi connectivity index (χ0n) is 13.9. The maximum absolute atomic E-state index is 11.6. The molecular weight excluding hydrogens is 322 g/mol. The van der Waals surface area contributed by atoms with Gasteiger partial charge in [-0.15, -0.1) is 0 Å². The second-order valence-electron chi connectivity index (χ2n) is 5.58. The van der Waals surface area contributed by atoms with E-state index < -0.39 is 0 Å². The molecule has 5 nitrogen and oxygen atoms in total. The fourth-order valence-corrected chi connectivity index (χ4v) is 3.40. The molecule has 0 saturated carbocycles. The number of imidazole rings is 1. The van der Waals surface area contributed by atoms with Gasteiger partial charge in [0.15, 0.2) is 5.16 Å².